The first kappa shape index (κ1) is 18.5. The summed E-state index contributed by atoms with van der Waals surface area (Å²) in [6.45, 7) is 0. The van der Waals surface area contributed by atoms with E-state index in [1.165, 1.54) is 24.3 Å². The van der Waals surface area contributed by atoms with Crippen molar-refractivity contribution < 1.29 is 22.0 Å². The van der Waals surface area contributed by atoms with Crippen LogP contribution in [-0.4, -0.2) is 20.4 Å². The van der Waals surface area contributed by atoms with Crippen LogP contribution in [0.4, 0.5) is 14.5 Å². The standard InChI is InChI=1S/C18H18F2N2O3S/c19-13-8-9-17(16(20)11-13)21-18(23)12-4-3-7-15(10-12)26(24,25)22-14-5-1-2-6-14/h3-4,7-11,14,22H,1-2,5-6H2,(H,21,23). The second-order valence-electron chi connectivity index (χ2n) is 6.21. The molecular formula is C18H18F2N2O3S. The number of carbonyl (C=O) groups excluding carboxylic acids is 1. The van der Waals surface area contributed by atoms with Crippen LogP contribution in [0.15, 0.2) is 47.4 Å². The molecule has 26 heavy (non-hydrogen) atoms. The molecule has 2 N–H and O–H groups in total. The van der Waals surface area contributed by atoms with Gasteiger partial charge >= 0.3 is 0 Å². The quantitative estimate of drug-likeness (QED) is 0.834. The Labute approximate surface area is 150 Å². The molecule has 2 aromatic carbocycles. The van der Waals surface area contributed by atoms with Crippen molar-refractivity contribution in [1.29, 1.82) is 0 Å². The van der Waals surface area contributed by atoms with Gasteiger partial charge in [-0.2, -0.15) is 0 Å². The fourth-order valence-electron chi connectivity index (χ4n) is 2.92. The zero-order chi connectivity index (χ0) is 18.7. The number of anilines is 1. The zero-order valence-electron chi connectivity index (χ0n) is 13.8. The molecule has 0 aromatic heterocycles. The third kappa shape index (κ3) is 4.25. The zero-order valence-corrected chi connectivity index (χ0v) is 14.7. The highest BCUT2D eigenvalue weighted by atomic mass is 32.2. The summed E-state index contributed by atoms with van der Waals surface area (Å²) in [7, 11) is -3.74. The van der Waals surface area contributed by atoms with E-state index < -0.39 is 27.6 Å². The molecule has 1 aliphatic rings. The molecule has 1 saturated carbocycles. The van der Waals surface area contributed by atoms with E-state index in [0.29, 0.717) is 6.07 Å². The van der Waals surface area contributed by atoms with Crippen LogP contribution in [0.25, 0.3) is 0 Å². The molecule has 0 atom stereocenters. The number of amides is 1. The highest BCUT2D eigenvalue weighted by Crippen LogP contribution is 2.21. The van der Waals surface area contributed by atoms with E-state index in [1.807, 2.05) is 0 Å². The molecule has 0 spiro atoms. The number of rotatable bonds is 5. The first-order valence-corrected chi connectivity index (χ1v) is 9.72. The highest BCUT2D eigenvalue weighted by Gasteiger charge is 2.23. The number of benzene rings is 2. The topological polar surface area (TPSA) is 75.3 Å². The Bertz CT molecular complexity index is 926. The fraction of sp³-hybridized carbons (Fsp3) is 0.278. The minimum atomic E-state index is -3.74. The van der Waals surface area contributed by atoms with Gasteiger partial charge in [0.2, 0.25) is 10.0 Å². The minimum Gasteiger partial charge on any atom is -0.319 e. The van der Waals surface area contributed by atoms with E-state index in [9.17, 15) is 22.0 Å². The van der Waals surface area contributed by atoms with Crippen LogP contribution in [0.3, 0.4) is 0 Å². The van der Waals surface area contributed by atoms with E-state index in [2.05, 4.69) is 10.0 Å². The molecule has 1 fully saturated rings. The Balaban J connectivity index is 1.78. The lowest BCUT2D eigenvalue weighted by Crippen LogP contribution is -2.32. The highest BCUT2D eigenvalue weighted by molar-refractivity contribution is 7.89. The number of sulfonamides is 1. The van der Waals surface area contributed by atoms with E-state index in [-0.39, 0.29) is 22.2 Å². The molecule has 5 nitrogen and oxygen atoms in total. The van der Waals surface area contributed by atoms with Crippen molar-refractivity contribution in [1.82, 2.24) is 4.72 Å². The first-order chi connectivity index (χ1) is 12.3. The summed E-state index contributed by atoms with van der Waals surface area (Å²) in [5.74, 6) is -2.36. The van der Waals surface area contributed by atoms with Gasteiger partial charge in [-0.3, -0.25) is 4.79 Å². The van der Waals surface area contributed by atoms with E-state index in [1.54, 1.807) is 0 Å². The minimum absolute atomic E-state index is 0.0309. The van der Waals surface area contributed by atoms with Crippen molar-refractivity contribution >= 4 is 21.6 Å². The normalized spacial score (nSPS) is 15.2. The van der Waals surface area contributed by atoms with Gasteiger partial charge in [0.1, 0.15) is 11.6 Å². The molecule has 0 heterocycles. The van der Waals surface area contributed by atoms with Crippen molar-refractivity contribution in [2.45, 2.75) is 36.6 Å². The van der Waals surface area contributed by atoms with Crippen molar-refractivity contribution in [3.05, 3.63) is 59.7 Å². The van der Waals surface area contributed by atoms with Gasteiger partial charge in [0.05, 0.1) is 10.6 Å². The lowest BCUT2D eigenvalue weighted by atomic mass is 10.2. The first-order valence-electron chi connectivity index (χ1n) is 8.24. The van der Waals surface area contributed by atoms with Gasteiger partial charge in [-0.05, 0) is 43.2 Å². The summed E-state index contributed by atoms with van der Waals surface area (Å²) in [6.07, 6.45) is 3.56. The summed E-state index contributed by atoms with van der Waals surface area (Å²) in [6, 6.07) is 8.18. The van der Waals surface area contributed by atoms with Crippen LogP contribution in [0.2, 0.25) is 0 Å². The lowest BCUT2D eigenvalue weighted by molar-refractivity contribution is 0.102. The van der Waals surface area contributed by atoms with Crippen molar-refractivity contribution in [3.8, 4) is 0 Å². The molecule has 0 bridgehead atoms. The van der Waals surface area contributed by atoms with E-state index >= 15 is 0 Å². The number of nitrogens with one attached hydrogen (secondary N) is 2. The molecule has 8 heteroatoms. The Morgan fingerprint density at radius 3 is 2.46 bits per heavy atom. The summed E-state index contributed by atoms with van der Waals surface area (Å²) < 4.78 is 54.2. The number of hydrogen-bond acceptors (Lipinski definition) is 3. The molecule has 3 rings (SSSR count). The Hall–Kier alpha value is -2.32. The molecule has 0 radical (unpaired) electrons. The van der Waals surface area contributed by atoms with Gasteiger partial charge in [0, 0.05) is 17.7 Å². The average molecular weight is 380 g/mol. The van der Waals surface area contributed by atoms with Crippen LogP contribution in [0, 0.1) is 11.6 Å². The maximum absolute atomic E-state index is 13.7. The Morgan fingerprint density at radius 2 is 1.77 bits per heavy atom. The van der Waals surface area contributed by atoms with Crippen LogP contribution in [-0.2, 0) is 10.0 Å². The maximum atomic E-state index is 13.7. The lowest BCUT2D eigenvalue weighted by Gasteiger charge is -2.13. The van der Waals surface area contributed by atoms with Gasteiger partial charge in [0.15, 0.2) is 0 Å². The van der Waals surface area contributed by atoms with Crippen LogP contribution in [0.1, 0.15) is 36.0 Å². The second-order valence-corrected chi connectivity index (χ2v) is 7.92. The summed E-state index contributed by atoms with van der Waals surface area (Å²) in [5.41, 5.74) is -0.128. The number of halogens is 2. The molecule has 2 aromatic rings. The van der Waals surface area contributed by atoms with E-state index in [0.717, 1.165) is 37.8 Å². The third-order valence-electron chi connectivity index (χ3n) is 4.26. The summed E-state index contributed by atoms with van der Waals surface area (Å²) in [5, 5.41) is 2.31. The van der Waals surface area contributed by atoms with Gasteiger partial charge in [0.25, 0.3) is 5.91 Å². The number of carbonyl (C=O) groups is 1. The van der Waals surface area contributed by atoms with Gasteiger partial charge in [-0.1, -0.05) is 18.9 Å². The van der Waals surface area contributed by atoms with Crippen LogP contribution >= 0.6 is 0 Å². The predicted octanol–water partition coefficient (Wildman–Crippen LogP) is 3.44. The van der Waals surface area contributed by atoms with Gasteiger partial charge in [-0.15, -0.1) is 0 Å². The van der Waals surface area contributed by atoms with Crippen molar-refractivity contribution in [3.63, 3.8) is 0 Å². The van der Waals surface area contributed by atoms with Gasteiger partial charge < -0.3 is 5.32 Å². The number of hydrogen-bond donors (Lipinski definition) is 2. The monoisotopic (exact) mass is 380 g/mol. The third-order valence-corrected chi connectivity index (χ3v) is 5.78. The molecule has 1 amide bonds. The smallest absolute Gasteiger partial charge is 0.255 e. The predicted molar refractivity (Wildman–Crippen MR) is 93.3 cm³/mol. The summed E-state index contributed by atoms with van der Waals surface area (Å²) >= 11 is 0. The van der Waals surface area contributed by atoms with E-state index in [4.69, 9.17) is 0 Å². The molecule has 138 valence electrons. The molecular weight excluding hydrogens is 362 g/mol. The Kier molecular flexibility index (Phi) is 5.33. The van der Waals surface area contributed by atoms with Gasteiger partial charge in [-0.25, -0.2) is 21.9 Å². The largest absolute Gasteiger partial charge is 0.319 e. The summed E-state index contributed by atoms with van der Waals surface area (Å²) in [4.78, 5) is 12.3. The molecule has 0 aliphatic heterocycles. The van der Waals surface area contributed by atoms with Crippen molar-refractivity contribution in [2.24, 2.45) is 0 Å². The molecule has 0 unspecified atom stereocenters. The van der Waals surface area contributed by atoms with Crippen molar-refractivity contribution in [2.75, 3.05) is 5.32 Å². The van der Waals surface area contributed by atoms with Crippen LogP contribution < -0.4 is 10.0 Å². The van der Waals surface area contributed by atoms with Crippen LogP contribution in [0.5, 0.6) is 0 Å². The molecule has 0 saturated heterocycles. The molecule has 1 aliphatic carbocycles. The average Bonchev–Trinajstić information content (AvgIpc) is 3.09. The maximum Gasteiger partial charge on any atom is 0.255 e. The fourth-order valence-corrected chi connectivity index (χ4v) is 4.27. The SMILES string of the molecule is O=C(Nc1ccc(F)cc1F)c1cccc(S(=O)(=O)NC2CCCC2)c1. The second kappa shape index (κ2) is 7.51. The Morgan fingerprint density at radius 1 is 1.04 bits per heavy atom.